The maximum Gasteiger partial charge on any atom is 0.237 e. The van der Waals surface area contributed by atoms with Crippen LogP contribution in [0.25, 0.3) is 0 Å². The molecule has 1 aromatic rings. The maximum absolute atomic E-state index is 12.7. The fourth-order valence-electron chi connectivity index (χ4n) is 2.61. The lowest BCUT2D eigenvalue weighted by atomic mass is 9.96. The first-order valence-electron chi connectivity index (χ1n) is 7.20. The van der Waals surface area contributed by atoms with Crippen molar-refractivity contribution in [2.75, 3.05) is 32.7 Å². The second-order valence-electron chi connectivity index (χ2n) is 5.13. The Bertz CT molecular complexity index is 496. The van der Waals surface area contributed by atoms with E-state index in [1.165, 1.54) is 0 Å². The number of amidine groups is 1. The minimum atomic E-state index is -0.718. The summed E-state index contributed by atoms with van der Waals surface area (Å²) < 4.78 is 0. The van der Waals surface area contributed by atoms with Gasteiger partial charge in [-0.05, 0) is 12.1 Å². The largest absolute Gasteiger partial charge is 0.409 e. The molecule has 1 saturated heterocycles. The van der Waals surface area contributed by atoms with Gasteiger partial charge < -0.3 is 20.7 Å². The number of nitrogens with zero attached hydrogens (tertiary/aromatic N) is 3. The van der Waals surface area contributed by atoms with Gasteiger partial charge >= 0.3 is 0 Å². The quantitative estimate of drug-likeness (QED) is 0.370. The van der Waals surface area contributed by atoms with Gasteiger partial charge in [-0.3, -0.25) is 4.79 Å². The summed E-state index contributed by atoms with van der Waals surface area (Å²) in [6, 6.07) is 9.20. The highest BCUT2D eigenvalue weighted by Crippen LogP contribution is 2.20. The smallest absolute Gasteiger partial charge is 0.237 e. The molecule has 114 valence electrons. The van der Waals surface area contributed by atoms with Crippen molar-refractivity contribution >= 4 is 11.7 Å². The monoisotopic (exact) mass is 290 g/mol. The van der Waals surface area contributed by atoms with Crippen LogP contribution in [0.4, 0.5) is 0 Å². The lowest BCUT2D eigenvalue weighted by Crippen LogP contribution is -2.51. The van der Waals surface area contributed by atoms with Crippen molar-refractivity contribution < 1.29 is 10.0 Å². The van der Waals surface area contributed by atoms with Crippen LogP contribution in [0.2, 0.25) is 0 Å². The van der Waals surface area contributed by atoms with Crippen LogP contribution in [-0.2, 0) is 4.79 Å². The average Bonchev–Trinajstić information content (AvgIpc) is 2.55. The number of nitrogens with two attached hydrogens (primary N) is 1. The third-order valence-electron chi connectivity index (χ3n) is 3.92. The van der Waals surface area contributed by atoms with Crippen molar-refractivity contribution in [3.8, 4) is 0 Å². The van der Waals surface area contributed by atoms with E-state index in [1.807, 2.05) is 30.3 Å². The van der Waals surface area contributed by atoms with E-state index < -0.39 is 5.92 Å². The summed E-state index contributed by atoms with van der Waals surface area (Å²) in [6.07, 6.45) is 0. The molecule has 0 bridgehead atoms. The van der Waals surface area contributed by atoms with Crippen LogP contribution in [-0.4, -0.2) is 59.5 Å². The molecule has 0 aromatic heterocycles. The van der Waals surface area contributed by atoms with Gasteiger partial charge in [-0.15, -0.1) is 0 Å². The third kappa shape index (κ3) is 3.52. The number of likely N-dealkylation sites (N-methyl/N-ethyl adjacent to an activating group) is 1. The molecule has 2 rings (SSSR count). The highest BCUT2D eigenvalue weighted by molar-refractivity contribution is 6.07. The summed E-state index contributed by atoms with van der Waals surface area (Å²) in [4.78, 5) is 16.8. The highest BCUT2D eigenvalue weighted by Gasteiger charge is 2.31. The molecule has 0 saturated carbocycles. The van der Waals surface area contributed by atoms with E-state index in [-0.39, 0.29) is 11.7 Å². The number of carbonyl (C=O) groups is 1. The van der Waals surface area contributed by atoms with Crippen LogP contribution in [0.5, 0.6) is 0 Å². The van der Waals surface area contributed by atoms with E-state index in [1.54, 1.807) is 4.90 Å². The van der Waals surface area contributed by atoms with E-state index in [9.17, 15) is 4.79 Å². The molecule has 1 heterocycles. The van der Waals surface area contributed by atoms with Crippen molar-refractivity contribution in [1.29, 1.82) is 0 Å². The van der Waals surface area contributed by atoms with E-state index >= 15 is 0 Å². The van der Waals surface area contributed by atoms with Crippen LogP contribution < -0.4 is 5.73 Å². The average molecular weight is 290 g/mol. The van der Waals surface area contributed by atoms with Crippen LogP contribution in [0.15, 0.2) is 35.5 Å². The van der Waals surface area contributed by atoms with Gasteiger partial charge in [0.2, 0.25) is 5.91 Å². The number of benzene rings is 1. The number of carbonyl (C=O) groups excluding carboxylic acids is 1. The van der Waals surface area contributed by atoms with Crippen LogP contribution in [0, 0.1) is 0 Å². The molecule has 1 unspecified atom stereocenters. The zero-order valence-electron chi connectivity index (χ0n) is 12.3. The van der Waals surface area contributed by atoms with Gasteiger partial charge in [-0.1, -0.05) is 42.4 Å². The lowest BCUT2D eigenvalue weighted by molar-refractivity contribution is -0.133. The Morgan fingerprint density at radius 1 is 1.29 bits per heavy atom. The van der Waals surface area contributed by atoms with Gasteiger partial charge in [0.05, 0.1) is 0 Å². The Hall–Kier alpha value is -2.08. The molecule has 1 aliphatic rings. The van der Waals surface area contributed by atoms with Gasteiger partial charge in [0, 0.05) is 26.2 Å². The Labute approximate surface area is 124 Å². The molecule has 0 radical (unpaired) electrons. The summed E-state index contributed by atoms with van der Waals surface area (Å²) in [6.45, 7) is 6.17. The predicted molar refractivity (Wildman–Crippen MR) is 81.3 cm³/mol. The number of amides is 1. The van der Waals surface area contributed by atoms with Gasteiger partial charge in [0.15, 0.2) is 5.84 Å². The Morgan fingerprint density at radius 2 is 1.90 bits per heavy atom. The first kappa shape index (κ1) is 15.3. The number of oxime groups is 1. The first-order valence-corrected chi connectivity index (χ1v) is 7.20. The molecular weight excluding hydrogens is 268 g/mol. The molecule has 1 fully saturated rings. The first-order chi connectivity index (χ1) is 10.2. The van der Waals surface area contributed by atoms with Gasteiger partial charge in [-0.25, -0.2) is 0 Å². The van der Waals surface area contributed by atoms with E-state index in [0.717, 1.165) is 25.2 Å². The van der Waals surface area contributed by atoms with Crippen molar-refractivity contribution in [2.45, 2.75) is 12.8 Å². The summed E-state index contributed by atoms with van der Waals surface area (Å²) in [7, 11) is 0. The van der Waals surface area contributed by atoms with Gasteiger partial charge in [0.1, 0.15) is 5.92 Å². The summed E-state index contributed by atoms with van der Waals surface area (Å²) in [5.74, 6) is -0.888. The predicted octanol–water partition coefficient (Wildman–Crippen LogP) is 0.681. The topological polar surface area (TPSA) is 82.2 Å². The van der Waals surface area contributed by atoms with Crippen LogP contribution in [0.1, 0.15) is 18.4 Å². The molecule has 1 amide bonds. The zero-order chi connectivity index (χ0) is 15.2. The number of hydrogen-bond donors (Lipinski definition) is 2. The van der Waals surface area contributed by atoms with Crippen LogP contribution in [0.3, 0.4) is 0 Å². The Kier molecular flexibility index (Phi) is 5.16. The van der Waals surface area contributed by atoms with E-state index in [0.29, 0.717) is 13.1 Å². The molecule has 0 spiro atoms. The molecule has 0 aliphatic carbocycles. The second-order valence-corrected chi connectivity index (χ2v) is 5.13. The SMILES string of the molecule is CCN1CCN(C(=O)C(C(N)=NO)c2ccccc2)CC1. The minimum Gasteiger partial charge on any atom is -0.409 e. The summed E-state index contributed by atoms with van der Waals surface area (Å²) in [5.41, 5.74) is 6.50. The Balaban J connectivity index is 2.16. The highest BCUT2D eigenvalue weighted by atomic mass is 16.4. The lowest BCUT2D eigenvalue weighted by Gasteiger charge is -2.35. The number of hydrogen-bond acceptors (Lipinski definition) is 4. The number of piperazine rings is 1. The van der Waals surface area contributed by atoms with Crippen molar-refractivity contribution in [1.82, 2.24) is 9.80 Å². The minimum absolute atomic E-state index is 0.0656. The molecular formula is C15H22N4O2. The van der Waals surface area contributed by atoms with Crippen molar-refractivity contribution in [3.05, 3.63) is 35.9 Å². The molecule has 6 heteroatoms. The zero-order valence-corrected chi connectivity index (χ0v) is 12.3. The van der Waals surface area contributed by atoms with Crippen LogP contribution >= 0.6 is 0 Å². The molecule has 1 aromatic carbocycles. The molecule has 21 heavy (non-hydrogen) atoms. The Morgan fingerprint density at radius 3 is 2.43 bits per heavy atom. The molecule has 1 atom stereocenters. The molecule has 1 aliphatic heterocycles. The van der Waals surface area contributed by atoms with Gasteiger partial charge in [0.25, 0.3) is 0 Å². The maximum atomic E-state index is 12.7. The van der Waals surface area contributed by atoms with Crippen molar-refractivity contribution in [3.63, 3.8) is 0 Å². The van der Waals surface area contributed by atoms with E-state index in [2.05, 4.69) is 17.0 Å². The normalized spacial score (nSPS) is 18.5. The number of rotatable bonds is 4. The standard InChI is InChI=1S/C15H22N4O2/c1-2-18-8-10-19(11-9-18)15(20)13(14(16)17-21)12-6-4-3-5-7-12/h3-7,13,21H,2,8-11H2,1H3,(H2,16,17). The molecule has 6 nitrogen and oxygen atoms in total. The third-order valence-corrected chi connectivity index (χ3v) is 3.92. The van der Waals surface area contributed by atoms with E-state index in [4.69, 9.17) is 10.9 Å². The summed E-state index contributed by atoms with van der Waals surface area (Å²) in [5, 5.41) is 12.0. The fraction of sp³-hybridized carbons (Fsp3) is 0.467. The van der Waals surface area contributed by atoms with Gasteiger partial charge in [-0.2, -0.15) is 0 Å². The second kappa shape index (κ2) is 7.08. The van der Waals surface area contributed by atoms with Crippen molar-refractivity contribution in [2.24, 2.45) is 10.9 Å². The molecule has 3 N–H and O–H groups in total. The fourth-order valence-corrected chi connectivity index (χ4v) is 2.61. The summed E-state index contributed by atoms with van der Waals surface area (Å²) >= 11 is 0.